The van der Waals surface area contributed by atoms with Gasteiger partial charge in [0.1, 0.15) is 5.78 Å². The molecule has 0 aliphatic carbocycles. The number of carboxylic acid groups (broad SMARTS) is 1. The highest BCUT2D eigenvalue weighted by molar-refractivity contribution is 7.14. The van der Waals surface area contributed by atoms with E-state index in [1.807, 2.05) is 0 Å². The van der Waals surface area contributed by atoms with Gasteiger partial charge in [0.15, 0.2) is 6.04 Å². The maximum atomic E-state index is 12.1. The molecule has 2 N–H and O–H groups in total. The lowest BCUT2D eigenvalue weighted by Crippen LogP contribution is -2.41. The number of carbonyl (C=O) groups excluding carboxylic acids is 2. The molecule has 0 bridgehead atoms. The molecule has 0 radical (unpaired) electrons. The molecule has 0 aliphatic heterocycles. The van der Waals surface area contributed by atoms with Crippen molar-refractivity contribution in [3.8, 4) is 0 Å². The number of rotatable bonds is 34. The first-order chi connectivity index (χ1) is 21.4. The van der Waals surface area contributed by atoms with E-state index in [4.69, 9.17) is 10.2 Å². The monoisotopic (exact) mass is 639 g/mol. The number of aliphatic carboxylic acids is 1. The van der Waals surface area contributed by atoms with Crippen LogP contribution in [0.5, 0.6) is 0 Å². The molecule has 44 heavy (non-hydrogen) atoms. The number of unbranched alkanes of at least 4 members (excludes halogenated alkanes) is 23. The molecule has 0 aromatic rings. The molecule has 258 valence electrons. The van der Waals surface area contributed by atoms with Gasteiger partial charge in [0.25, 0.3) is 0 Å². The van der Waals surface area contributed by atoms with Crippen LogP contribution in [-0.4, -0.2) is 45.2 Å². The van der Waals surface area contributed by atoms with E-state index in [0.717, 1.165) is 75.3 Å². The first-order valence-corrected chi connectivity index (χ1v) is 19.0. The Hall–Kier alpha value is -1.26. The number of ketones is 1. The molecule has 0 aliphatic rings. The maximum absolute atomic E-state index is 12.1. The van der Waals surface area contributed by atoms with Gasteiger partial charge in [-0.25, -0.2) is 4.79 Å². The minimum Gasteiger partial charge on any atom is -0.480 e. The summed E-state index contributed by atoms with van der Waals surface area (Å²) in [5, 5.41) is 18.1. The van der Waals surface area contributed by atoms with Crippen molar-refractivity contribution in [1.82, 2.24) is 4.67 Å². The smallest absolute Gasteiger partial charge is 0.329 e. The van der Waals surface area contributed by atoms with Crippen molar-refractivity contribution in [1.29, 1.82) is 0 Å². The van der Waals surface area contributed by atoms with Gasteiger partial charge in [-0.1, -0.05) is 141 Å². The lowest BCUT2D eigenvalue weighted by atomic mass is 10.0. The summed E-state index contributed by atoms with van der Waals surface area (Å²) in [7, 11) is 2.12. The molecule has 1 unspecified atom stereocenters. The fourth-order valence-electron chi connectivity index (χ4n) is 5.65. The molecular weight excluding hydrogens is 569 g/mol. The van der Waals surface area contributed by atoms with Crippen LogP contribution in [0.25, 0.3) is 0 Å². The topological polar surface area (TPSA) is 94.9 Å². The number of hydrogen-bond acceptors (Lipinski definition) is 4. The molecule has 0 aromatic heterocycles. The van der Waals surface area contributed by atoms with Crippen molar-refractivity contribution >= 4 is 27.1 Å². The zero-order valence-electron chi connectivity index (χ0n) is 28.6. The van der Waals surface area contributed by atoms with Gasteiger partial charge >= 0.3 is 5.97 Å². The Morgan fingerprint density at radius 1 is 0.568 bits per heavy atom. The summed E-state index contributed by atoms with van der Waals surface area (Å²) in [4.78, 5) is 35.2. The molecule has 6 nitrogen and oxygen atoms in total. The number of hydrogen-bond donors (Lipinski definition) is 2. The van der Waals surface area contributed by atoms with Crippen LogP contribution in [0.4, 0.5) is 0 Å². The molecule has 0 saturated carbocycles. The predicted octanol–water partition coefficient (Wildman–Crippen LogP) is 10.5. The first kappa shape index (κ1) is 42.7. The van der Waals surface area contributed by atoms with E-state index in [1.54, 1.807) is 0 Å². The Kier molecular flexibility index (Phi) is 32.2. The van der Waals surface area contributed by atoms with Crippen LogP contribution >= 0.6 is 9.39 Å². The largest absolute Gasteiger partial charge is 0.480 e. The number of nitrogens with zero attached hydrogens (tertiary/aromatic N) is 1. The first-order valence-electron chi connectivity index (χ1n) is 18.5. The maximum Gasteiger partial charge on any atom is 0.329 e. The number of carboxylic acids is 1. The van der Waals surface area contributed by atoms with Crippen LogP contribution in [0.15, 0.2) is 12.2 Å². The SMILES string of the molecule is CCCCCCCCCCCCCCCC(=O)CCCCCCCCC=CCCCCCCCC(=O)N(P)[C@@H](CO)C(=O)O. The molecule has 0 saturated heterocycles. The average molecular weight is 640 g/mol. The van der Waals surface area contributed by atoms with Crippen molar-refractivity contribution in [2.75, 3.05) is 6.61 Å². The van der Waals surface area contributed by atoms with Crippen molar-refractivity contribution in [2.45, 2.75) is 199 Å². The van der Waals surface area contributed by atoms with E-state index in [2.05, 4.69) is 28.5 Å². The van der Waals surface area contributed by atoms with Gasteiger partial charge in [-0.05, 0) is 54.3 Å². The third-order valence-corrected chi connectivity index (χ3v) is 9.29. The minimum absolute atomic E-state index is 0.259. The number of allylic oxidation sites excluding steroid dienone is 2. The highest BCUT2D eigenvalue weighted by atomic mass is 31.0. The van der Waals surface area contributed by atoms with E-state index < -0.39 is 18.6 Å². The standard InChI is InChI=1S/C37H70NO5P/c1-2-3-4-5-6-7-8-12-15-18-21-24-27-30-34(40)31-28-25-22-19-16-13-10-9-11-14-17-20-23-26-29-32-36(41)38(44)35(33-39)37(42)43/h9,11,35,39H,2-8,10,12-33,44H2,1H3,(H,42,43)/t35-/m0/s1. The average Bonchev–Trinajstić information content (AvgIpc) is 3.00. The van der Waals surface area contributed by atoms with Gasteiger partial charge in [0, 0.05) is 19.3 Å². The third-order valence-electron chi connectivity index (χ3n) is 8.65. The molecule has 0 spiro atoms. The Morgan fingerprint density at radius 3 is 1.27 bits per heavy atom. The molecule has 2 atom stereocenters. The Labute approximate surface area is 273 Å². The van der Waals surface area contributed by atoms with Crippen LogP contribution in [-0.2, 0) is 14.4 Å². The quantitative estimate of drug-likeness (QED) is 0.0415. The number of Topliss-reactive ketones (excluding diaryl/α,β-unsaturated/α-hetero) is 1. The van der Waals surface area contributed by atoms with E-state index in [0.29, 0.717) is 12.2 Å². The fraction of sp³-hybridized carbons (Fsp3) is 0.865. The summed E-state index contributed by atoms with van der Waals surface area (Å²) in [5.74, 6) is -0.978. The number of aliphatic hydroxyl groups excluding tert-OH is 1. The summed E-state index contributed by atoms with van der Waals surface area (Å²) in [6.07, 6.45) is 38.7. The molecule has 7 heteroatoms. The van der Waals surface area contributed by atoms with Crippen LogP contribution in [0.3, 0.4) is 0 Å². The summed E-state index contributed by atoms with van der Waals surface area (Å²) in [6, 6.07) is -1.19. The van der Waals surface area contributed by atoms with Crippen LogP contribution < -0.4 is 0 Å². The normalized spacial score (nSPS) is 12.2. The molecule has 0 fully saturated rings. The lowest BCUT2D eigenvalue weighted by Gasteiger charge is -2.22. The van der Waals surface area contributed by atoms with Gasteiger partial charge in [0.2, 0.25) is 5.91 Å². The van der Waals surface area contributed by atoms with Gasteiger partial charge in [-0.15, -0.1) is 0 Å². The Balaban J connectivity index is 3.37. The van der Waals surface area contributed by atoms with Gasteiger partial charge in [-0.3, -0.25) is 9.59 Å². The van der Waals surface area contributed by atoms with Crippen molar-refractivity contribution in [2.24, 2.45) is 0 Å². The van der Waals surface area contributed by atoms with Gasteiger partial charge in [-0.2, -0.15) is 0 Å². The van der Waals surface area contributed by atoms with Crippen LogP contribution in [0.1, 0.15) is 193 Å². The Morgan fingerprint density at radius 2 is 0.909 bits per heavy atom. The summed E-state index contributed by atoms with van der Waals surface area (Å²) in [5.41, 5.74) is 0. The van der Waals surface area contributed by atoms with E-state index in [-0.39, 0.29) is 5.91 Å². The van der Waals surface area contributed by atoms with Crippen molar-refractivity contribution < 1.29 is 24.6 Å². The fourth-order valence-corrected chi connectivity index (χ4v) is 6.00. The zero-order chi connectivity index (χ0) is 32.5. The number of carbonyl (C=O) groups is 3. The highest BCUT2D eigenvalue weighted by Gasteiger charge is 2.25. The molecule has 0 aromatic carbocycles. The predicted molar refractivity (Wildman–Crippen MR) is 189 cm³/mol. The number of aliphatic hydroxyl groups is 1. The highest BCUT2D eigenvalue weighted by Crippen LogP contribution is 2.16. The number of amides is 1. The van der Waals surface area contributed by atoms with E-state index in [9.17, 15) is 14.4 Å². The zero-order valence-corrected chi connectivity index (χ0v) is 29.7. The summed E-state index contributed by atoms with van der Waals surface area (Å²) < 4.78 is 1.05. The molecular formula is C37H70NO5P. The molecule has 1 amide bonds. The van der Waals surface area contributed by atoms with Crippen molar-refractivity contribution in [3.05, 3.63) is 12.2 Å². The van der Waals surface area contributed by atoms with Crippen LogP contribution in [0.2, 0.25) is 0 Å². The Bertz CT molecular complexity index is 714. The van der Waals surface area contributed by atoms with Crippen molar-refractivity contribution in [3.63, 3.8) is 0 Å². The second-order valence-electron chi connectivity index (χ2n) is 12.8. The molecule has 0 rings (SSSR count). The minimum atomic E-state index is -1.20. The van der Waals surface area contributed by atoms with Gasteiger partial charge < -0.3 is 14.9 Å². The van der Waals surface area contributed by atoms with E-state index in [1.165, 1.54) is 109 Å². The second-order valence-corrected chi connectivity index (χ2v) is 13.4. The summed E-state index contributed by atoms with van der Waals surface area (Å²) >= 11 is 0. The van der Waals surface area contributed by atoms with E-state index >= 15 is 0 Å². The summed E-state index contributed by atoms with van der Waals surface area (Å²) in [6.45, 7) is 1.69. The second kappa shape index (κ2) is 33.1. The van der Waals surface area contributed by atoms with Gasteiger partial charge in [0.05, 0.1) is 6.61 Å². The van der Waals surface area contributed by atoms with Crippen LogP contribution in [0, 0.1) is 0 Å². The lowest BCUT2D eigenvalue weighted by molar-refractivity contribution is -0.147. The molecule has 0 heterocycles. The third kappa shape index (κ3) is 28.2.